The Hall–Kier alpha value is -2.17. The minimum Gasteiger partial charge on any atom is -0.350 e. The second-order valence-electron chi connectivity index (χ2n) is 5.53. The lowest BCUT2D eigenvalue weighted by Gasteiger charge is -2.29. The molecule has 1 aromatic rings. The Morgan fingerprint density at radius 3 is 2.76 bits per heavy atom. The fourth-order valence-electron chi connectivity index (χ4n) is 2.72. The average molecular weight is 288 g/mol. The number of carbonyl (C=O) groups is 1. The fourth-order valence-corrected chi connectivity index (χ4v) is 2.72. The molecule has 21 heavy (non-hydrogen) atoms. The summed E-state index contributed by atoms with van der Waals surface area (Å²) in [5.41, 5.74) is 0.446. The quantitative estimate of drug-likeness (QED) is 0.525. The number of amides is 1. The largest absolute Gasteiger partial charge is 0.350 e. The Balaban J connectivity index is 2.00. The summed E-state index contributed by atoms with van der Waals surface area (Å²) in [5, 5.41) is 13.9. The topological polar surface area (TPSA) is 72.2 Å². The van der Waals surface area contributed by atoms with Crippen LogP contribution in [0, 0.1) is 16.0 Å². The second-order valence-corrected chi connectivity index (χ2v) is 5.53. The summed E-state index contributed by atoms with van der Waals surface area (Å²) >= 11 is 0. The molecule has 2 rings (SSSR count). The number of nitro groups is 1. The fraction of sp³-hybridized carbons (Fsp3) is 0.438. The number of hydrogen-bond donors (Lipinski definition) is 1. The Labute approximate surface area is 124 Å². The first kappa shape index (κ1) is 15.2. The van der Waals surface area contributed by atoms with Crippen molar-refractivity contribution in [2.45, 2.75) is 38.6 Å². The van der Waals surface area contributed by atoms with Crippen LogP contribution in [0.3, 0.4) is 0 Å². The first-order valence-electron chi connectivity index (χ1n) is 7.30. The molecule has 1 saturated carbocycles. The Bertz CT molecular complexity index is 554. The van der Waals surface area contributed by atoms with Crippen LogP contribution in [0.5, 0.6) is 0 Å². The molecule has 1 aliphatic carbocycles. The lowest BCUT2D eigenvalue weighted by atomic mass is 9.86. The lowest BCUT2D eigenvalue weighted by molar-refractivity contribution is -0.385. The first-order chi connectivity index (χ1) is 10.1. The van der Waals surface area contributed by atoms with Gasteiger partial charge in [0.1, 0.15) is 0 Å². The van der Waals surface area contributed by atoms with Crippen LogP contribution >= 0.6 is 0 Å². The zero-order valence-corrected chi connectivity index (χ0v) is 12.1. The molecule has 0 unspecified atom stereocenters. The summed E-state index contributed by atoms with van der Waals surface area (Å²) in [4.78, 5) is 22.4. The number of nitrogens with zero attached hydrogens (tertiary/aromatic N) is 1. The van der Waals surface area contributed by atoms with Gasteiger partial charge in [-0.05, 0) is 30.9 Å². The van der Waals surface area contributed by atoms with Gasteiger partial charge in [-0.15, -0.1) is 0 Å². The van der Waals surface area contributed by atoms with E-state index in [0.29, 0.717) is 11.5 Å². The van der Waals surface area contributed by atoms with E-state index in [1.165, 1.54) is 24.6 Å². The van der Waals surface area contributed by atoms with E-state index in [2.05, 4.69) is 12.2 Å². The van der Waals surface area contributed by atoms with E-state index in [1.807, 2.05) is 0 Å². The SMILES string of the molecule is C[C@@H]1CCCC[C@H]1NC(=O)/C=C/c1ccccc1[N+](=O)[O-]. The van der Waals surface area contributed by atoms with E-state index >= 15 is 0 Å². The molecule has 1 N–H and O–H groups in total. The van der Waals surface area contributed by atoms with Crippen molar-refractivity contribution in [1.29, 1.82) is 0 Å². The van der Waals surface area contributed by atoms with Crippen molar-refractivity contribution in [2.24, 2.45) is 5.92 Å². The van der Waals surface area contributed by atoms with Gasteiger partial charge in [0.2, 0.25) is 5.91 Å². The normalized spacial score (nSPS) is 22.1. The summed E-state index contributed by atoms with van der Waals surface area (Å²) in [6.07, 6.45) is 7.39. The van der Waals surface area contributed by atoms with Crippen molar-refractivity contribution < 1.29 is 9.72 Å². The lowest BCUT2D eigenvalue weighted by Crippen LogP contribution is -2.40. The Morgan fingerprint density at radius 2 is 2.05 bits per heavy atom. The zero-order valence-electron chi connectivity index (χ0n) is 12.1. The predicted molar refractivity (Wildman–Crippen MR) is 81.7 cm³/mol. The molecule has 1 aliphatic rings. The number of para-hydroxylation sites is 1. The van der Waals surface area contributed by atoms with Gasteiger partial charge in [0.15, 0.2) is 0 Å². The molecular formula is C16H20N2O3. The van der Waals surface area contributed by atoms with Crippen molar-refractivity contribution in [3.8, 4) is 0 Å². The Morgan fingerprint density at radius 1 is 1.33 bits per heavy atom. The highest BCUT2D eigenvalue weighted by atomic mass is 16.6. The molecule has 0 aromatic heterocycles. The predicted octanol–water partition coefficient (Wildman–Crippen LogP) is 3.30. The van der Waals surface area contributed by atoms with Gasteiger partial charge >= 0.3 is 0 Å². The van der Waals surface area contributed by atoms with E-state index in [4.69, 9.17) is 0 Å². The monoisotopic (exact) mass is 288 g/mol. The molecule has 0 radical (unpaired) electrons. The van der Waals surface area contributed by atoms with Gasteiger partial charge in [-0.25, -0.2) is 0 Å². The van der Waals surface area contributed by atoms with Crippen molar-refractivity contribution in [3.63, 3.8) is 0 Å². The van der Waals surface area contributed by atoms with E-state index in [-0.39, 0.29) is 17.6 Å². The highest BCUT2D eigenvalue weighted by Gasteiger charge is 2.22. The summed E-state index contributed by atoms with van der Waals surface area (Å²) < 4.78 is 0. The summed E-state index contributed by atoms with van der Waals surface area (Å²) in [6.45, 7) is 2.15. The Kier molecular flexibility index (Phi) is 5.09. The maximum atomic E-state index is 11.9. The third kappa shape index (κ3) is 4.15. The van der Waals surface area contributed by atoms with E-state index < -0.39 is 4.92 Å². The number of nitrogens with one attached hydrogen (secondary N) is 1. The van der Waals surface area contributed by atoms with Crippen molar-refractivity contribution >= 4 is 17.7 Å². The minimum atomic E-state index is -0.444. The standard InChI is InChI=1S/C16H20N2O3/c1-12-6-2-4-8-14(12)17-16(19)11-10-13-7-3-5-9-15(13)18(20)21/h3,5,7,9-12,14H,2,4,6,8H2,1H3,(H,17,19)/b11-10+/t12-,14-/m1/s1. The summed E-state index contributed by atoms with van der Waals surface area (Å²) in [7, 11) is 0. The zero-order chi connectivity index (χ0) is 15.2. The molecule has 0 saturated heterocycles. The van der Waals surface area contributed by atoms with Crippen molar-refractivity contribution in [1.82, 2.24) is 5.32 Å². The molecule has 112 valence electrons. The van der Waals surface area contributed by atoms with Crippen LogP contribution < -0.4 is 5.32 Å². The second kappa shape index (κ2) is 7.02. The van der Waals surface area contributed by atoms with Gasteiger partial charge in [-0.3, -0.25) is 14.9 Å². The van der Waals surface area contributed by atoms with Crippen LogP contribution in [-0.2, 0) is 4.79 Å². The van der Waals surface area contributed by atoms with Crippen LogP contribution in [0.4, 0.5) is 5.69 Å². The highest BCUT2D eigenvalue weighted by Crippen LogP contribution is 2.24. The van der Waals surface area contributed by atoms with Crippen LogP contribution in [0.1, 0.15) is 38.2 Å². The van der Waals surface area contributed by atoms with Gasteiger partial charge < -0.3 is 5.32 Å². The van der Waals surface area contributed by atoms with Crippen molar-refractivity contribution in [3.05, 3.63) is 46.0 Å². The van der Waals surface area contributed by atoms with Gasteiger partial charge in [0.05, 0.1) is 10.5 Å². The highest BCUT2D eigenvalue weighted by molar-refractivity contribution is 5.92. The third-order valence-electron chi connectivity index (χ3n) is 3.99. The van der Waals surface area contributed by atoms with Gasteiger partial charge in [0, 0.05) is 18.2 Å². The molecule has 0 aliphatic heterocycles. The van der Waals surface area contributed by atoms with Gasteiger partial charge in [-0.2, -0.15) is 0 Å². The number of benzene rings is 1. The third-order valence-corrected chi connectivity index (χ3v) is 3.99. The van der Waals surface area contributed by atoms with Crippen molar-refractivity contribution in [2.75, 3.05) is 0 Å². The molecule has 5 heteroatoms. The molecule has 0 bridgehead atoms. The molecule has 0 heterocycles. The smallest absolute Gasteiger partial charge is 0.276 e. The van der Waals surface area contributed by atoms with Crippen LogP contribution in [0.15, 0.2) is 30.3 Å². The minimum absolute atomic E-state index is 0.00702. The molecule has 1 amide bonds. The van der Waals surface area contributed by atoms with Crippen LogP contribution in [-0.4, -0.2) is 16.9 Å². The number of hydrogen-bond acceptors (Lipinski definition) is 3. The van der Waals surface area contributed by atoms with Crippen LogP contribution in [0.25, 0.3) is 6.08 Å². The molecule has 1 fully saturated rings. The molecular weight excluding hydrogens is 268 g/mol. The molecule has 1 aromatic carbocycles. The summed E-state index contributed by atoms with van der Waals surface area (Å²) in [5.74, 6) is 0.300. The first-order valence-corrected chi connectivity index (χ1v) is 7.30. The van der Waals surface area contributed by atoms with Gasteiger partial charge in [0.25, 0.3) is 5.69 Å². The van der Waals surface area contributed by atoms with Crippen LogP contribution in [0.2, 0.25) is 0 Å². The van der Waals surface area contributed by atoms with E-state index in [1.54, 1.807) is 18.2 Å². The number of nitro benzene ring substituents is 1. The number of rotatable bonds is 4. The number of carbonyl (C=O) groups excluding carboxylic acids is 1. The average Bonchev–Trinajstić information content (AvgIpc) is 2.48. The van der Waals surface area contributed by atoms with E-state index in [9.17, 15) is 14.9 Å². The van der Waals surface area contributed by atoms with E-state index in [0.717, 1.165) is 19.3 Å². The van der Waals surface area contributed by atoms with Gasteiger partial charge in [-0.1, -0.05) is 31.9 Å². The molecule has 2 atom stereocenters. The maximum Gasteiger partial charge on any atom is 0.276 e. The molecule has 5 nitrogen and oxygen atoms in total. The molecule has 0 spiro atoms. The summed E-state index contributed by atoms with van der Waals surface area (Å²) in [6, 6.07) is 6.60. The maximum absolute atomic E-state index is 11.9.